The zero-order chi connectivity index (χ0) is 14.0. The van der Waals surface area contributed by atoms with Gasteiger partial charge in [-0.1, -0.05) is 40.0 Å². The minimum absolute atomic E-state index is 0.0216. The number of carbonyl (C=O) groups excluding carboxylic acids is 2. The summed E-state index contributed by atoms with van der Waals surface area (Å²) in [6, 6.07) is -0.179. The Morgan fingerprint density at radius 3 is 2.42 bits per heavy atom. The second-order valence-corrected chi connectivity index (χ2v) is 6.20. The van der Waals surface area contributed by atoms with Crippen LogP contribution >= 0.6 is 0 Å². The summed E-state index contributed by atoms with van der Waals surface area (Å²) < 4.78 is 0. The average Bonchev–Trinajstić information content (AvgIpc) is 2.62. The number of carbonyl (C=O) groups is 2. The van der Waals surface area contributed by atoms with Crippen molar-refractivity contribution in [2.75, 3.05) is 6.54 Å². The van der Waals surface area contributed by atoms with Gasteiger partial charge in [-0.3, -0.25) is 9.69 Å². The first-order valence-corrected chi connectivity index (χ1v) is 7.68. The van der Waals surface area contributed by atoms with Crippen molar-refractivity contribution in [2.24, 2.45) is 11.8 Å². The maximum atomic E-state index is 12.8. The van der Waals surface area contributed by atoms with E-state index in [0.29, 0.717) is 6.54 Å². The van der Waals surface area contributed by atoms with Gasteiger partial charge in [0, 0.05) is 6.54 Å². The normalized spacial score (nSPS) is 35.0. The summed E-state index contributed by atoms with van der Waals surface area (Å²) >= 11 is 0. The summed E-state index contributed by atoms with van der Waals surface area (Å²) in [6.07, 6.45) is 6.28. The molecule has 2 fully saturated rings. The van der Waals surface area contributed by atoms with Crippen LogP contribution in [0.3, 0.4) is 0 Å². The second-order valence-electron chi connectivity index (χ2n) is 6.20. The number of unbranched alkanes of at least 4 members (excludes halogenated alkanes) is 2. The molecule has 1 saturated heterocycles. The third-order valence-electron chi connectivity index (χ3n) is 4.97. The van der Waals surface area contributed by atoms with Gasteiger partial charge in [0.2, 0.25) is 0 Å². The Morgan fingerprint density at radius 2 is 1.84 bits per heavy atom. The molecule has 2 aliphatic rings. The smallest absolute Gasteiger partial charge is 0.323 e. The Hall–Kier alpha value is -1.06. The standard InChI is InChI=1S/C15H26N2O2/c1-4-5-6-10-17-13(18)15(16-14(17)19)11(2)8-7-9-12(15)3/h11-12H,4-10H2,1-3H3,(H,16,19). The van der Waals surface area contributed by atoms with Crippen LogP contribution in [0.5, 0.6) is 0 Å². The first-order valence-electron chi connectivity index (χ1n) is 7.68. The van der Waals surface area contributed by atoms with Crippen molar-refractivity contribution in [3.63, 3.8) is 0 Å². The molecule has 0 aromatic rings. The molecule has 0 bridgehead atoms. The van der Waals surface area contributed by atoms with Gasteiger partial charge >= 0.3 is 6.03 Å². The van der Waals surface area contributed by atoms with Crippen LogP contribution in [-0.4, -0.2) is 28.9 Å². The van der Waals surface area contributed by atoms with E-state index in [-0.39, 0.29) is 23.8 Å². The van der Waals surface area contributed by atoms with Crippen LogP contribution in [0.15, 0.2) is 0 Å². The molecule has 0 radical (unpaired) electrons. The number of rotatable bonds is 4. The Labute approximate surface area is 115 Å². The van der Waals surface area contributed by atoms with E-state index in [2.05, 4.69) is 26.1 Å². The first kappa shape index (κ1) is 14.4. The molecule has 0 aromatic carbocycles. The molecule has 4 nitrogen and oxygen atoms in total. The molecule has 1 aliphatic heterocycles. The van der Waals surface area contributed by atoms with Crippen molar-refractivity contribution in [3.8, 4) is 0 Å². The van der Waals surface area contributed by atoms with Crippen LogP contribution in [-0.2, 0) is 4.79 Å². The third-order valence-corrected chi connectivity index (χ3v) is 4.97. The lowest BCUT2D eigenvalue weighted by Crippen LogP contribution is -2.58. The van der Waals surface area contributed by atoms with Crippen molar-refractivity contribution >= 4 is 11.9 Å². The van der Waals surface area contributed by atoms with Crippen molar-refractivity contribution in [3.05, 3.63) is 0 Å². The molecule has 1 heterocycles. The van der Waals surface area contributed by atoms with Gasteiger partial charge in [0.25, 0.3) is 5.91 Å². The number of hydrogen-bond acceptors (Lipinski definition) is 2. The van der Waals surface area contributed by atoms with Crippen LogP contribution in [0.25, 0.3) is 0 Å². The number of hydrogen-bond donors (Lipinski definition) is 1. The monoisotopic (exact) mass is 266 g/mol. The summed E-state index contributed by atoms with van der Waals surface area (Å²) in [5.41, 5.74) is -0.623. The van der Waals surface area contributed by atoms with Gasteiger partial charge in [0.15, 0.2) is 0 Å². The number of nitrogens with one attached hydrogen (secondary N) is 1. The Bertz CT molecular complexity index is 357. The average molecular weight is 266 g/mol. The highest BCUT2D eigenvalue weighted by molar-refractivity contribution is 6.07. The molecule has 3 amide bonds. The molecule has 1 saturated carbocycles. The van der Waals surface area contributed by atoms with Crippen molar-refractivity contribution in [2.45, 2.75) is 64.8 Å². The molecule has 1 spiro atoms. The number of nitrogens with zero attached hydrogens (tertiary/aromatic N) is 1. The highest BCUT2D eigenvalue weighted by Crippen LogP contribution is 2.42. The second kappa shape index (κ2) is 5.51. The lowest BCUT2D eigenvalue weighted by atomic mass is 9.67. The number of amides is 3. The minimum Gasteiger partial charge on any atom is -0.323 e. The van der Waals surface area contributed by atoms with E-state index in [1.54, 1.807) is 0 Å². The summed E-state index contributed by atoms with van der Waals surface area (Å²) in [7, 11) is 0. The zero-order valence-corrected chi connectivity index (χ0v) is 12.4. The third kappa shape index (κ3) is 2.26. The molecular weight excluding hydrogens is 240 g/mol. The fourth-order valence-electron chi connectivity index (χ4n) is 3.68. The Morgan fingerprint density at radius 1 is 1.21 bits per heavy atom. The van der Waals surface area contributed by atoms with Gasteiger partial charge < -0.3 is 5.32 Å². The van der Waals surface area contributed by atoms with Crippen LogP contribution in [0, 0.1) is 11.8 Å². The molecule has 0 aromatic heterocycles. The fraction of sp³-hybridized carbons (Fsp3) is 0.867. The van der Waals surface area contributed by atoms with Crippen molar-refractivity contribution in [1.29, 1.82) is 0 Å². The topological polar surface area (TPSA) is 49.4 Å². The van der Waals surface area contributed by atoms with E-state index in [4.69, 9.17) is 0 Å². The highest BCUT2D eigenvalue weighted by Gasteiger charge is 2.57. The predicted octanol–water partition coefficient (Wildman–Crippen LogP) is 2.92. The molecule has 2 atom stereocenters. The van der Waals surface area contributed by atoms with E-state index in [1.807, 2.05) is 0 Å². The Balaban J connectivity index is 2.15. The van der Waals surface area contributed by atoms with Gasteiger partial charge in [-0.25, -0.2) is 4.79 Å². The van der Waals surface area contributed by atoms with E-state index in [1.165, 1.54) is 4.90 Å². The largest absolute Gasteiger partial charge is 0.325 e. The van der Waals surface area contributed by atoms with Gasteiger partial charge in [0.1, 0.15) is 5.54 Å². The molecule has 2 unspecified atom stereocenters. The molecular formula is C15H26N2O2. The van der Waals surface area contributed by atoms with Crippen LogP contribution < -0.4 is 5.32 Å². The summed E-state index contributed by atoms with van der Waals surface area (Å²) in [6.45, 7) is 6.89. The van der Waals surface area contributed by atoms with E-state index in [9.17, 15) is 9.59 Å². The SMILES string of the molecule is CCCCCN1C(=O)NC2(C1=O)C(C)CCCC2C. The lowest BCUT2D eigenvalue weighted by Gasteiger charge is -2.42. The molecule has 19 heavy (non-hydrogen) atoms. The van der Waals surface area contributed by atoms with Gasteiger partial charge in [-0.15, -0.1) is 0 Å². The lowest BCUT2D eigenvalue weighted by molar-refractivity contribution is -0.136. The quantitative estimate of drug-likeness (QED) is 0.628. The summed E-state index contributed by atoms with van der Waals surface area (Å²) in [5.74, 6) is 0.501. The zero-order valence-electron chi connectivity index (χ0n) is 12.4. The Kier molecular flexibility index (Phi) is 4.16. The fourth-order valence-corrected chi connectivity index (χ4v) is 3.68. The maximum Gasteiger partial charge on any atom is 0.325 e. The van der Waals surface area contributed by atoms with Crippen molar-refractivity contribution < 1.29 is 9.59 Å². The summed E-state index contributed by atoms with van der Waals surface area (Å²) in [5, 5.41) is 3.03. The number of urea groups is 1. The minimum atomic E-state index is -0.623. The van der Waals surface area contributed by atoms with Gasteiger partial charge in [-0.05, 0) is 31.1 Å². The molecule has 2 rings (SSSR count). The van der Waals surface area contributed by atoms with E-state index >= 15 is 0 Å². The summed E-state index contributed by atoms with van der Waals surface area (Å²) in [4.78, 5) is 26.3. The first-order chi connectivity index (χ1) is 9.04. The molecule has 1 N–H and O–H groups in total. The highest BCUT2D eigenvalue weighted by atomic mass is 16.2. The number of imide groups is 1. The maximum absolute atomic E-state index is 12.8. The van der Waals surface area contributed by atoms with Gasteiger partial charge in [0.05, 0.1) is 0 Å². The molecule has 108 valence electrons. The molecule has 1 aliphatic carbocycles. The van der Waals surface area contributed by atoms with E-state index in [0.717, 1.165) is 38.5 Å². The molecule has 4 heteroatoms. The predicted molar refractivity (Wildman–Crippen MR) is 74.7 cm³/mol. The van der Waals surface area contributed by atoms with Crippen LogP contribution in [0.1, 0.15) is 59.3 Å². The van der Waals surface area contributed by atoms with Crippen molar-refractivity contribution in [1.82, 2.24) is 10.2 Å². The van der Waals surface area contributed by atoms with Crippen LogP contribution in [0.4, 0.5) is 4.79 Å². The van der Waals surface area contributed by atoms with Crippen LogP contribution in [0.2, 0.25) is 0 Å². The van der Waals surface area contributed by atoms with Gasteiger partial charge in [-0.2, -0.15) is 0 Å². The van der Waals surface area contributed by atoms with E-state index < -0.39 is 5.54 Å².